The third kappa shape index (κ3) is 0.671. The van der Waals surface area contributed by atoms with Gasteiger partial charge in [0, 0.05) is 11.6 Å². The smallest absolute Gasteiger partial charge is 0.331 e. The molecule has 2 atom stereocenters. The fraction of sp³-hybridized carbons (Fsp3) is 0.571. The molecule has 2 aliphatic rings. The van der Waals surface area contributed by atoms with Crippen LogP contribution in [0.1, 0.15) is 6.92 Å². The average Bonchev–Trinajstić information content (AvgIpc) is 2.35. The van der Waals surface area contributed by atoms with Crippen molar-refractivity contribution in [2.24, 2.45) is 0 Å². The van der Waals surface area contributed by atoms with Gasteiger partial charge in [-0.25, -0.2) is 4.79 Å². The van der Waals surface area contributed by atoms with Crippen molar-refractivity contribution in [1.29, 1.82) is 0 Å². The first-order chi connectivity index (χ1) is 4.77. The van der Waals surface area contributed by atoms with Gasteiger partial charge in [0.15, 0.2) is 6.10 Å². The van der Waals surface area contributed by atoms with Crippen molar-refractivity contribution in [2.75, 3.05) is 6.61 Å². The highest BCUT2D eigenvalue weighted by atomic mass is 16.6. The van der Waals surface area contributed by atoms with Gasteiger partial charge in [0.05, 0.1) is 12.7 Å². The zero-order valence-corrected chi connectivity index (χ0v) is 5.66. The van der Waals surface area contributed by atoms with Crippen molar-refractivity contribution in [1.82, 2.24) is 0 Å². The maximum Gasteiger partial charge on any atom is 0.331 e. The van der Waals surface area contributed by atoms with Crippen molar-refractivity contribution in [3.63, 3.8) is 0 Å². The molecule has 3 nitrogen and oxygen atoms in total. The van der Waals surface area contributed by atoms with Crippen LogP contribution in [0.2, 0.25) is 0 Å². The maximum absolute atomic E-state index is 10.6. The summed E-state index contributed by atoms with van der Waals surface area (Å²) >= 11 is 0. The van der Waals surface area contributed by atoms with E-state index in [2.05, 4.69) is 0 Å². The summed E-state index contributed by atoms with van der Waals surface area (Å²) in [6.45, 7) is 2.46. The van der Waals surface area contributed by atoms with E-state index in [4.69, 9.17) is 9.47 Å². The summed E-state index contributed by atoms with van der Waals surface area (Å²) in [5.41, 5.74) is 0.984. The first-order valence-electron chi connectivity index (χ1n) is 3.30. The van der Waals surface area contributed by atoms with E-state index in [1.807, 2.05) is 6.92 Å². The first-order valence-corrected chi connectivity index (χ1v) is 3.30. The summed E-state index contributed by atoms with van der Waals surface area (Å²) in [6, 6.07) is 0. The third-order valence-electron chi connectivity index (χ3n) is 1.85. The van der Waals surface area contributed by atoms with Crippen LogP contribution in [0.15, 0.2) is 11.6 Å². The molecule has 54 valence electrons. The molecule has 0 unspecified atom stereocenters. The van der Waals surface area contributed by atoms with E-state index in [0.717, 1.165) is 5.57 Å². The normalized spacial score (nSPS) is 37.3. The quantitative estimate of drug-likeness (QED) is 0.453. The van der Waals surface area contributed by atoms with Crippen LogP contribution < -0.4 is 0 Å². The molecule has 10 heavy (non-hydrogen) atoms. The molecule has 0 spiro atoms. The molecule has 0 amide bonds. The highest BCUT2D eigenvalue weighted by Crippen LogP contribution is 2.26. The molecule has 0 N–H and O–H groups in total. The Morgan fingerprint density at radius 3 is 3.20 bits per heavy atom. The van der Waals surface area contributed by atoms with Crippen molar-refractivity contribution in [2.45, 2.75) is 19.1 Å². The highest BCUT2D eigenvalue weighted by molar-refractivity contribution is 5.86. The molecule has 0 aromatic carbocycles. The molecule has 1 saturated heterocycles. The predicted octanol–water partition coefficient (Wildman–Crippen LogP) is 0.257. The Morgan fingerprint density at radius 2 is 2.50 bits per heavy atom. The second-order valence-electron chi connectivity index (χ2n) is 2.59. The fourth-order valence-electron chi connectivity index (χ4n) is 1.30. The zero-order valence-electron chi connectivity index (χ0n) is 5.66. The Balaban J connectivity index is 2.26. The molecule has 0 saturated carbocycles. The van der Waals surface area contributed by atoms with Crippen LogP contribution in [0, 0.1) is 0 Å². The van der Waals surface area contributed by atoms with Crippen molar-refractivity contribution in [3.05, 3.63) is 11.6 Å². The van der Waals surface area contributed by atoms with Crippen molar-refractivity contribution < 1.29 is 14.3 Å². The number of hydrogen-bond donors (Lipinski definition) is 0. The molecular weight excluding hydrogens is 132 g/mol. The van der Waals surface area contributed by atoms with Gasteiger partial charge in [0.1, 0.15) is 0 Å². The topological polar surface area (TPSA) is 35.5 Å². The predicted molar refractivity (Wildman–Crippen MR) is 33.4 cm³/mol. The number of fused-ring (bicyclic) bond motifs is 1. The SMILES string of the molecule is C[C@@H]1OCC2=CC(=O)O[C@H]21. The minimum absolute atomic E-state index is 0.0395. The molecule has 0 bridgehead atoms. The van der Waals surface area contributed by atoms with Gasteiger partial charge >= 0.3 is 5.97 Å². The summed E-state index contributed by atoms with van der Waals surface area (Å²) < 4.78 is 10.2. The largest absolute Gasteiger partial charge is 0.452 e. The Bertz CT molecular complexity index is 207. The van der Waals surface area contributed by atoms with Crippen LogP contribution in [0.4, 0.5) is 0 Å². The van der Waals surface area contributed by atoms with Crippen LogP contribution >= 0.6 is 0 Å². The molecule has 2 rings (SSSR count). The van der Waals surface area contributed by atoms with Crippen LogP contribution in [0.25, 0.3) is 0 Å². The molecule has 2 aliphatic heterocycles. The lowest BCUT2D eigenvalue weighted by molar-refractivity contribution is -0.141. The van der Waals surface area contributed by atoms with E-state index in [1.54, 1.807) is 0 Å². The standard InChI is InChI=1S/C7H8O3/c1-4-7-5(3-9-4)2-6(8)10-7/h2,4,7H,3H2,1H3/t4-,7-/m0/s1. The van der Waals surface area contributed by atoms with Gasteiger partial charge in [-0.3, -0.25) is 0 Å². The molecule has 2 heterocycles. The molecule has 0 aromatic rings. The Morgan fingerprint density at radius 1 is 1.70 bits per heavy atom. The van der Waals surface area contributed by atoms with Gasteiger partial charge in [-0.2, -0.15) is 0 Å². The Hall–Kier alpha value is -0.830. The van der Waals surface area contributed by atoms with E-state index >= 15 is 0 Å². The van der Waals surface area contributed by atoms with E-state index in [0.29, 0.717) is 6.61 Å². The molecule has 0 radical (unpaired) electrons. The fourth-order valence-corrected chi connectivity index (χ4v) is 1.30. The third-order valence-corrected chi connectivity index (χ3v) is 1.85. The highest BCUT2D eigenvalue weighted by Gasteiger charge is 2.36. The van der Waals surface area contributed by atoms with Gasteiger partial charge in [0.2, 0.25) is 0 Å². The van der Waals surface area contributed by atoms with Crippen LogP contribution in [0.3, 0.4) is 0 Å². The molecule has 0 aromatic heterocycles. The second kappa shape index (κ2) is 1.83. The lowest BCUT2D eigenvalue weighted by Gasteiger charge is -2.09. The minimum Gasteiger partial charge on any atom is -0.452 e. The van der Waals surface area contributed by atoms with Gasteiger partial charge in [-0.15, -0.1) is 0 Å². The van der Waals surface area contributed by atoms with Crippen LogP contribution in [0.5, 0.6) is 0 Å². The van der Waals surface area contributed by atoms with Gasteiger partial charge in [-0.1, -0.05) is 0 Å². The monoisotopic (exact) mass is 140 g/mol. The molecule has 0 aliphatic carbocycles. The molecule has 3 heteroatoms. The van der Waals surface area contributed by atoms with Crippen molar-refractivity contribution in [3.8, 4) is 0 Å². The summed E-state index contributed by atoms with van der Waals surface area (Å²) in [7, 11) is 0. The first kappa shape index (κ1) is 5.92. The Kier molecular flexibility index (Phi) is 1.08. The Labute approximate surface area is 58.6 Å². The number of ether oxygens (including phenoxy) is 2. The average molecular weight is 140 g/mol. The number of rotatable bonds is 0. The van der Waals surface area contributed by atoms with Gasteiger partial charge < -0.3 is 9.47 Å². The lowest BCUT2D eigenvalue weighted by Crippen LogP contribution is -2.20. The van der Waals surface area contributed by atoms with E-state index in [9.17, 15) is 4.79 Å². The summed E-state index contributed by atoms with van der Waals surface area (Å²) in [4.78, 5) is 10.6. The second-order valence-corrected chi connectivity index (χ2v) is 2.59. The van der Waals surface area contributed by atoms with E-state index in [-0.39, 0.29) is 18.2 Å². The number of hydrogen-bond acceptors (Lipinski definition) is 3. The summed E-state index contributed by atoms with van der Waals surface area (Å²) in [5.74, 6) is -0.227. The molecular formula is C7H8O3. The van der Waals surface area contributed by atoms with Crippen LogP contribution in [-0.2, 0) is 14.3 Å². The number of esters is 1. The molecule has 1 fully saturated rings. The minimum atomic E-state index is -0.227. The summed E-state index contributed by atoms with van der Waals surface area (Å²) in [5, 5.41) is 0. The van der Waals surface area contributed by atoms with Gasteiger partial charge in [-0.05, 0) is 6.92 Å². The summed E-state index contributed by atoms with van der Waals surface area (Å²) in [6.07, 6.45) is 1.47. The number of carbonyl (C=O) groups is 1. The van der Waals surface area contributed by atoms with E-state index in [1.165, 1.54) is 6.08 Å². The lowest BCUT2D eigenvalue weighted by atomic mass is 10.1. The van der Waals surface area contributed by atoms with E-state index < -0.39 is 0 Å². The van der Waals surface area contributed by atoms with Crippen molar-refractivity contribution >= 4 is 5.97 Å². The zero-order chi connectivity index (χ0) is 7.14. The van der Waals surface area contributed by atoms with Crippen LogP contribution in [-0.4, -0.2) is 24.8 Å². The number of carbonyl (C=O) groups excluding carboxylic acids is 1. The maximum atomic E-state index is 10.6. The van der Waals surface area contributed by atoms with Gasteiger partial charge in [0.25, 0.3) is 0 Å².